The highest BCUT2D eigenvalue weighted by Gasteiger charge is 2.23. The Morgan fingerprint density at radius 1 is 1.26 bits per heavy atom. The lowest BCUT2D eigenvalue weighted by atomic mass is 10.1. The van der Waals surface area contributed by atoms with Gasteiger partial charge in [-0.25, -0.2) is 9.37 Å². The lowest BCUT2D eigenvalue weighted by Crippen LogP contribution is -2.39. The third-order valence-corrected chi connectivity index (χ3v) is 7.28. The van der Waals surface area contributed by atoms with Gasteiger partial charge in [0.1, 0.15) is 6.17 Å². The van der Waals surface area contributed by atoms with Gasteiger partial charge < -0.3 is 14.7 Å². The van der Waals surface area contributed by atoms with Crippen molar-refractivity contribution >= 4 is 39.9 Å². The second-order valence-electron chi connectivity index (χ2n) is 8.29. The quantitative estimate of drug-likeness (QED) is 0.447. The second kappa shape index (κ2) is 9.31. The molecule has 1 fully saturated rings. The predicted octanol–water partition coefficient (Wildman–Crippen LogP) is 3.91. The molecular formula is C25H21ClFN3O4S. The zero-order valence-electron chi connectivity index (χ0n) is 18.7. The van der Waals surface area contributed by atoms with Crippen LogP contribution >= 0.6 is 22.9 Å². The minimum atomic E-state index is -0.832. The van der Waals surface area contributed by atoms with Crippen LogP contribution in [0.1, 0.15) is 28.8 Å². The molecule has 0 spiro atoms. The number of nitrogens with zero attached hydrogens (tertiary/aromatic N) is 3. The summed E-state index contributed by atoms with van der Waals surface area (Å²) in [5, 5.41) is 10.0. The Labute approximate surface area is 208 Å². The van der Waals surface area contributed by atoms with E-state index in [1.165, 1.54) is 22.8 Å². The molecule has 1 aliphatic heterocycles. The summed E-state index contributed by atoms with van der Waals surface area (Å²) >= 11 is 7.28. The number of halogens is 2. The first-order valence-electron chi connectivity index (χ1n) is 11.0. The molecule has 2 aromatic carbocycles. The molecule has 0 bridgehead atoms. The number of piperidine rings is 1. The van der Waals surface area contributed by atoms with Crippen LogP contribution in [-0.2, 0) is 0 Å². The molecular weight excluding hydrogens is 493 g/mol. The Kier molecular flexibility index (Phi) is 6.21. The van der Waals surface area contributed by atoms with Crippen molar-refractivity contribution in [2.24, 2.45) is 0 Å². The van der Waals surface area contributed by atoms with Gasteiger partial charge in [-0.15, -0.1) is 0 Å². The largest absolute Gasteiger partial charge is 0.503 e. The number of carbonyl (C=O) groups excluding carboxylic acids is 1. The number of phenolic OH excluding ortho intramolecular Hbond substituents is 1. The number of hydrogen-bond acceptors (Lipinski definition) is 6. The van der Waals surface area contributed by atoms with Crippen LogP contribution in [0.15, 0.2) is 47.4 Å². The van der Waals surface area contributed by atoms with Gasteiger partial charge in [0.05, 0.1) is 22.4 Å². The molecule has 1 amide bonds. The number of phenols is 1. The van der Waals surface area contributed by atoms with Gasteiger partial charge >= 0.3 is 0 Å². The first-order valence-corrected chi connectivity index (χ1v) is 12.2. The number of imidazole rings is 1. The number of amides is 1. The van der Waals surface area contributed by atoms with Crippen LogP contribution in [0, 0.1) is 0 Å². The Morgan fingerprint density at radius 2 is 1.97 bits per heavy atom. The molecule has 10 heteroatoms. The van der Waals surface area contributed by atoms with Crippen LogP contribution in [0.3, 0.4) is 0 Å². The fraction of sp³-hybridized carbons (Fsp3) is 0.240. The summed E-state index contributed by atoms with van der Waals surface area (Å²) in [5.74, 6) is -0.0489. The molecule has 1 N–H and O–H groups in total. The van der Waals surface area contributed by atoms with Crippen LogP contribution in [0.25, 0.3) is 22.3 Å². The van der Waals surface area contributed by atoms with Crippen molar-refractivity contribution in [1.29, 1.82) is 0 Å². The van der Waals surface area contributed by atoms with Gasteiger partial charge in [0.25, 0.3) is 11.5 Å². The molecule has 7 nitrogen and oxygen atoms in total. The molecule has 0 saturated carbocycles. The highest BCUT2D eigenvalue weighted by atomic mass is 35.5. The monoisotopic (exact) mass is 513 g/mol. The number of methoxy groups -OCH3 is 1. The fourth-order valence-corrected chi connectivity index (χ4v) is 5.25. The molecule has 0 radical (unpaired) electrons. The highest BCUT2D eigenvalue weighted by molar-refractivity contribution is 7.15. The van der Waals surface area contributed by atoms with Gasteiger partial charge in [-0.3, -0.25) is 14.0 Å². The van der Waals surface area contributed by atoms with Crippen molar-refractivity contribution in [2.75, 3.05) is 20.2 Å². The Balaban J connectivity index is 1.40. The molecule has 0 atom stereocenters. The summed E-state index contributed by atoms with van der Waals surface area (Å²) in [5.41, 5.74) is 2.32. The number of alkyl halides is 1. The van der Waals surface area contributed by atoms with E-state index < -0.39 is 6.17 Å². The fourth-order valence-electron chi connectivity index (χ4n) is 4.07. The van der Waals surface area contributed by atoms with Gasteiger partial charge in [-0.05, 0) is 48.7 Å². The zero-order chi connectivity index (χ0) is 24.7. The van der Waals surface area contributed by atoms with Crippen LogP contribution < -0.4 is 14.8 Å². The summed E-state index contributed by atoms with van der Waals surface area (Å²) in [6.07, 6.45) is 3.25. The number of carbonyl (C=O) groups is 1. The van der Waals surface area contributed by atoms with E-state index in [0.29, 0.717) is 52.2 Å². The van der Waals surface area contributed by atoms with Gasteiger partial charge in [-0.2, -0.15) is 0 Å². The third kappa shape index (κ3) is 4.49. The van der Waals surface area contributed by atoms with E-state index in [-0.39, 0.29) is 28.0 Å². The third-order valence-electron chi connectivity index (χ3n) is 6.01. The minimum absolute atomic E-state index is 0.109. The van der Waals surface area contributed by atoms with Crippen molar-refractivity contribution < 1.29 is 19.0 Å². The van der Waals surface area contributed by atoms with Crippen LogP contribution in [0.5, 0.6) is 11.5 Å². The van der Waals surface area contributed by atoms with Gasteiger partial charge in [0.15, 0.2) is 16.5 Å². The van der Waals surface area contributed by atoms with Crippen molar-refractivity contribution in [3.05, 3.63) is 73.6 Å². The average Bonchev–Trinajstić information content (AvgIpc) is 3.40. The molecule has 4 aromatic rings. The van der Waals surface area contributed by atoms with Gasteiger partial charge in [-0.1, -0.05) is 35.1 Å². The summed E-state index contributed by atoms with van der Waals surface area (Å²) in [4.78, 5) is 32.4. The van der Waals surface area contributed by atoms with Crippen molar-refractivity contribution in [3.63, 3.8) is 0 Å². The van der Waals surface area contributed by atoms with Crippen molar-refractivity contribution in [1.82, 2.24) is 14.3 Å². The van der Waals surface area contributed by atoms with E-state index in [1.807, 2.05) is 0 Å². The second-order valence-corrected chi connectivity index (χ2v) is 9.71. The van der Waals surface area contributed by atoms with E-state index in [0.717, 1.165) is 5.56 Å². The summed E-state index contributed by atoms with van der Waals surface area (Å²) in [6.45, 7) is 0.849. The Morgan fingerprint density at radius 3 is 2.63 bits per heavy atom. The molecule has 2 aromatic heterocycles. The summed E-state index contributed by atoms with van der Waals surface area (Å²) < 4.78 is 20.4. The van der Waals surface area contributed by atoms with E-state index in [9.17, 15) is 19.1 Å². The number of thiazole rings is 1. The van der Waals surface area contributed by atoms with Gasteiger partial charge in [0, 0.05) is 30.4 Å². The van der Waals surface area contributed by atoms with Crippen LogP contribution in [-0.4, -0.2) is 51.7 Å². The summed E-state index contributed by atoms with van der Waals surface area (Å²) in [6, 6.07) is 10.2. The minimum Gasteiger partial charge on any atom is -0.503 e. The normalized spacial score (nSPS) is 15.2. The Bertz CT molecular complexity index is 1530. The lowest BCUT2D eigenvalue weighted by Gasteiger charge is -2.28. The zero-order valence-corrected chi connectivity index (χ0v) is 20.3. The number of aromatic hydroxyl groups is 1. The molecule has 35 heavy (non-hydrogen) atoms. The predicted molar refractivity (Wildman–Crippen MR) is 133 cm³/mol. The number of hydrogen-bond donors (Lipinski definition) is 1. The molecule has 1 aliphatic rings. The number of aromatic nitrogens is 2. The molecule has 3 heterocycles. The molecule has 0 aliphatic carbocycles. The first kappa shape index (κ1) is 23.3. The molecule has 180 valence electrons. The number of benzene rings is 2. The highest BCUT2D eigenvalue weighted by Crippen LogP contribution is 2.35. The first-order chi connectivity index (χ1) is 16.8. The van der Waals surface area contributed by atoms with E-state index >= 15 is 0 Å². The molecule has 5 rings (SSSR count). The molecule has 0 unspecified atom stereocenters. The summed E-state index contributed by atoms with van der Waals surface area (Å²) in [7, 11) is 1.42. The van der Waals surface area contributed by atoms with Crippen molar-refractivity contribution in [3.8, 4) is 22.8 Å². The average molecular weight is 514 g/mol. The Hall–Kier alpha value is -3.43. The lowest BCUT2D eigenvalue weighted by molar-refractivity contribution is 0.0667. The number of rotatable bonds is 4. The standard InChI is InChI=1S/C25H21ClFN3O4S/c1-34-20-11-14(10-18(26)22(20)31)12-21-24(33)30-13-19(28-25(30)35-21)15-2-4-16(5-3-15)23(32)29-8-6-17(27)7-9-29/h2-5,10-13,17,31H,6-9H2,1H3. The van der Waals surface area contributed by atoms with Gasteiger partial charge in [0.2, 0.25) is 0 Å². The van der Waals surface area contributed by atoms with Crippen LogP contribution in [0.2, 0.25) is 5.02 Å². The van der Waals surface area contributed by atoms with E-state index in [1.54, 1.807) is 53.6 Å². The molecule has 1 saturated heterocycles. The SMILES string of the molecule is COc1cc(C=c2sc3nc(-c4ccc(C(=O)N5CCC(F)CC5)cc4)cn3c2=O)cc(Cl)c1O. The topological polar surface area (TPSA) is 84.1 Å². The number of ether oxygens (including phenoxy) is 1. The maximum Gasteiger partial charge on any atom is 0.274 e. The van der Waals surface area contributed by atoms with E-state index in [4.69, 9.17) is 16.3 Å². The maximum absolute atomic E-state index is 13.4. The van der Waals surface area contributed by atoms with Crippen LogP contribution in [0.4, 0.5) is 4.39 Å². The van der Waals surface area contributed by atoms with Crippen molar-refractivity contribution in [2.45, 2.75) is 19.0 Å². The number of fused-ring (bicyclic) bond motifs is 1. The number of likely N-dealkylation sites (tertiary alicyclic amines) is 1. The smallest absolute Gasteiger partial charge is 0.274 e. The van der Waals surface area contributed by atoms with E-state index in [2.05, 4.69) is 4.98 Å². The maximum atomic E-state index is 13.4.